The van der Waals surface area contributed by atoms with E-state index in [0.29, 0.717) is 0 Å². The van der Waals surface area contributed by atoms with Crippen LogP contribution in [0.15, 0.2) is 12.7 Å². The second-order valence-electron chi connectivity index (χ2n) is 9.00. The van der Waals surface area contributed by atoms with Gasteiger partial charge in [-0.15, -0.1) is 0 Å². The summed E-state index contributed by atoms with van der Waals surface area (Å²) in [6.45, 7) is -2.17. The fourth-order valence-electron chi connectivity index (χ4n) is 4.01. The van der Waals surface area contributed by atoms with Crippen molar-refractivity contribution in [3.63, 3.8) is 0 Å². The van der Waals surface area contributed by atoms with Crippen LogP contribution in [0.25, 0.3) is 11.2 Å². The Hall–Kier alpha value is -2.69. The number of anilines is 1. The van der Waals surface area contributed by atoms with Crippen LogP contribution >= 0.6 is 15.6 Å². The molecule has 2 fully saturated rings. The molecule has 10 atom stereocenters. The number of aliphatic hydroxyl groups is 4. The molecular weight excluding hydrogens is 644 g/mol. The Kier molecular flexibility index (Phi) is 8.99. The minimum absolute atomic E-state index is 0.00961. The molecule has 0 spiro atoms. The molecule has 0 radical (unpaired) electrons. The van der Waals surface area contributed by atoms with E-state index in [2.05, 4.69) is 33.0 Å². The molecule has 4 rings (SSSR count). The molecule has 0 saturated carbocycles. The van der Waals surface area contributed by atoms with Gasteiger partial charge in [0.05, 0.1) is 19.5 Å². The maximum Gasteiger partial charge on any atom is 0.481 e. The highest BCUT2D eigenvalue weighted by molar-refractivity contribution is 7.61. The third kappa shape index (κ3) is 8.12. The van der Waals surface area contributed by atoms with Crippen molar-refractivity contribution >= 4 is 44.6 Å². The van der Waals surface area contributed by atoms with Crippen molar-refractivity contribution in [3.05, 3.63) is 12.7 Å². The Morgan fingerprint density at radius 1 is 0.977 bits per heavy atom. The molecule has 0 amide bonds. The number of nitrogens with two attached hydrogens (primary N) is 1. The molecule has 246 valence electrons. The SMILES string of the molecule is [2H]C([2H])(CC([2H])([2H])C(=O)O[C@H]1C(O)O[C@H](COP(=O)(O)OP(=O)(O)OC[C@H]2O[C@@H](n3cnc4c(N)ncnc43)[C@H](O)[C@@H]2O)[C@H]1O)C(=O)O. The number of hydrogen-bond acceptors (Lipinski definition) is 18. The number of phosphoric acid groups is 2. The van der Waals surface area contributed by atoms with E-state index < -0.39 is 109 Å². The van der Waals surface area contributed by atoms with Crippen molar-refractivity contribution < 1.29 is 87.1 Å². The molecule has 2 aliphatic heterocycles. The first-order valence-corrected chi connectivity index (χ1v) is 15.1. The average Bonchev–Trinajstić information content (AvgIpc) is 3.60. The van der Waals surface area contributed by atoms with Gasteiger partial charge in [0, 0.05) is 18.2 Å². The summed E-state index contributed by atoms with van der Waals surface area (Å²) in [5, 5.41) is 50.0. The monoisotopic (exact) mass is 677 g/mol. The van der Waals surface area contributed by atoms with Crippen LogP contribution in [-0.4, -0.2) is 123 Å². The number of fused-ring (bicyclic) bond motifs is 1. The van der Waals surface area contributed by atoms with Gasteiger partial charge in [0.15, 0.2) is 30.1 Å². The van der Waals surface area contributed by atoms with Crippen LogP contribution in [0.3, 0.4) is 0 Å². The van der Waals surface area contributed by atoms with Crippen LogP contribution in [0.1, 0.15) is 30.9 Å². The van der Waals surface area contributed by atoms with Crippen LogP contribution < -0.4 is 5.73 Å². The van der Waals surface area contributed by atoms with Gasteiger partial charge >= 0.3 is 27.6 Å². The Labute approximate surface area is 251 Å². The second kappa shape index (κ2) is 13.7. The number of aliphatic carboxylic acids is 1. The standard InChI is InChI=1S/C20H29N5O17P2/c21-17-12-18(23-6-22-17)25(7-24-12)19-15(31)13(29)8(39-19)4-37-43(33,34)42-44(35,36)38-5-9-14(30)16(20(32)40-9)41-11(28)3-1-2-10(26)27/h6-9,13-16,19-20,29-32H,1-5H2,(H,26,27)(H,33,34)(H,35,36)(H2,21,22,23)/t8-,9-,13-,14-,15-,16-,19-,20?/m1/s1/i2D2,3D2. The number of rotatable bonds is 14. The summed E-state index contributed by atoms with van der Waals surface area (Å²) in [7, 11) is -11.1. The fourth-order valence-corrected chi connectivity index (χ4v) is 6.10. The molecule has 44 heavy (non-hydrogen) atoms. The van der Waals surface area contributed by atoms with E-state index in [-0.39, 0.29) is 17.0 Å². The zero-order chi connectivity index (χ0) is 36.0. The van der Waals surface area contributed by atoms with E-state index in [1.54, 1.807) is 0 Å². The molecule has 4 heterocycles. The van der Waals surface area contributed by atoms with Crippen LogP contribution in [-0.2, 0) is 46.3 Å². The average molecular weight is 677 g/mol. The van der Waals surface area contributed by atoms with Crippen LogP contribution in [0.4, 0.5) is 5.82 Å². The molecule has 2 saturated heterocycles. The van der Waals surface area contributed by atoms with Gasteiger partial charge in [-0.25, -0.2) is 24.1 Å². The van der Waals surface area contributed by atoms with Gasteiger partial charge in [0.1, 0.15) is 42.4 Å². The quantitative estimate of drug-likeness (QED) is 0.0758. The molecule has 0 bridgehead atoms. The van der Waals surface area contributed by atoms with Crippen molar-refractivity contribution in [2.45, 2.75) is 68.3 Å². The maximum atomic E-state index is 12.4. The zero-order valence-corrected chi connectivity index (χ0v) is 23.7. The first-order chi connectivity index (χ1) is 22.0. The van der Waals surface area contributed by atoms with Crippen LogP contribution in [0, 0.1) is 0 Å². The number of imidazole rings is 1. The van der Waals surface area contributed by atoms with Gasteiger partial charge in [-0.1, -0.05) is 0 Å². The first-order valence-electron chi connectivity index (χ1n) is 14.1. The van der Waals surface area contributed by atoms with Gasteiger partial charge in [0.25, 0.3) is 0 Å². The zero-order valence-electron chi connectivity index (χ0n) is 25.9. The lowest BCUT2D eigenvalue weighted by molar-refractivity contribution is -0.173. The molecule has 24 heteroatoms. The molecule has 0 aromatic carbocycles. The number of nitrogens with zero attached hydrogens (tertiary/aromatic N) is 4. The predicted octanol–water partition coefficient (Wildman–Crippen LogP) is -2.48. The van der Waals surface area contributed by atoms with Crippen LogP contribution in [0.2, 0.25) is 0 Å². The number of esters is 1. The van der Waals surface area contributed by atoms with Gasteiger partial charge in [-0.2, -0.15) is 4.31 Å². The van der Waals surface area contributed by atoms with Crippen LogP contribution in [0.5, 0.6) is 0 Å². The van der Waals surface area contributed by atoms with E-state index in [9.17, 15) is 48.9 Å². The lowest BCUT2D eigenvalue weighted by Crippen LogP contribution is -2.38. The van der Waals surface area contributed by atoms with Gasteiger partial charge < -0.3 is 55.3 Å². The van der Waals surface area contributed by atoms with Gasteiger partial charge in [-0.3, -0.25) is 23.2 Å². The van der Waals surface area contributed by atoms with E-state index in [1.165, 1.54) is 10.9 Å². The topological polar surface area (TPSA) is 335 Å². The number of ether oxygens (including phenoxy) is 3. The smallest absolute Gasteiger partial charge is 0.481 e. The summed E-state index contributed by atoms with van der Waals surface area (Å²) in [5.41, 5.74) is 5.99. The predicted molar refractivity (Wildman–Crippen MR) is 137 cm³/mol. The number of hydrogen-bond donors (Lipinski definition) is 8. The van der Waals surface area contributed by atoms with Crippen molar-refractivity contribution in [2.24, 2.45) is 0 Å². The van der Waals surface area contributed by atoms with E-state index in [0.717, 1.165) is 6.33 Å². The highest BCUT2D eigenvalue weighted by Gasteiger charge is 2.48. The molecule has 2 aromatic heterocycles. The third-order valence-corrected chi connectivity index (χ3v) is 8.64. The number of nitrogen functional groups attached to an aromatic ring is 1. The highest BCUT2D eigenvalue weighted by atomic mass is 31.3. The Balaban J connectivity index is 1.29. The number of aromatic nitrogens is 4. The Morgan fingerprint density at radius 3 is 2.25 bits per heavy atom. The Bertz CT molecular complexity index is 1620. The molecule has 2 aliphatic rings. The second-order valence-corrected chi connectivity index (χ2v) is 12.0. The molecule has 3 unspecified atom stereocenters. The number of carbonyl (C=O) groups excluding carboxylic acids is 1. The van der Waals surface area contributed by atoms with Gasteiger partial charge in [0.2, 0.25) is 0 Å². The number of carbonyl (C=O) groups is 2. The number of aliphatic hydroxyl groups excluding tert-OH is 4. The largest absolute Gasteiger partial charge is 0.481 e. The third-order valence-electron chi connectivity index (χ3n) is 6.04. The molecular formula is C20H29N5O17P2. The molecule has 0 aliphatic carbocycles. The summed E-state index contributed by atoms with van der Waals surface area (Å²) in [5.74, 6) is -3.95. The summed E-state index contributed by atoms with van der Waals surface area (Å²) < 4.78 is 84.0. The summed E-state index contributed by atoms with van der Waals surface area (Å²) in [6.07, 6.45) is -20.1. The molecule has 2 aromatic rings. The van der Waals surface area contributed by atoms with Crippen molar-refractivity contribution in [3.8, 4) is 0 Å². The van der Waals surface area contributed by atoms with Crippen molar-refractivity contribution in [1.29, 1.82) is 0 Å². The maximum absolute atomic E-state index is 12.4. The highest BCUT2D eigenvalue weighted by Crippen LogP contribution is 2.60. The molecule has 9 N–H and O–H groups in total. The normalized spacial score (nSPS) is 33.5. The summed E-state index contributed by atoms with van der Waals surface area (Å²) in [6, 6.07) is 0. The first kappa shape index (κ1) is 28.8. The minimum Gasteiger partial charge on any atom is -0.481 e. The van der Waals surface area contributed by atoms with Crippen molar-refractivity contribution in [2.75, 3.05) is 18.9 Å². The number of phosphoric ester groups is 2. The van der Waals surface area contributed by atoms with Gasteiger partial charge in [-0.05, 0) is 6.42 Å². The van der Waals surface area contributed by atoms with E-state index in [4.69, 9.17) is 25.8 Å². The lowest BCUT2D eigenvalue weighted by atomic mass is 10.1. The van der Waals surface area contributed by atoms with E-state index in [1.807, 2.05) is 0 Å². The van der Waals surface area contributed by atoms with E-state index >= 15 is 0 Å². The lowest BCUT2D eigenvalue weighted by Gasteiger charge is -2.21. The summed E-state index contributed by atoms with van der Waals surface area (Å²) >= 11 is 0. The Morgan fingerprint density at radius 2 is 1.61 bits per heavy atom. The number of carboxylic acids is 1. The minimum atomic E-state index is -5.56. The van der Waals surface area contributed by atoms with Crippen molar-refractivity contribution in [1.82, 2.24) is 19.5 Å². The molecule has 22 nitrogen and oxygen atoms in total. The fraction of sp³-hybridized carbons (Fsp3) is 0.650. The summed E-state index contributed by atoms with van der Waals surface area (Å²) in [4.78, 5) is 54.8. The number of carboxylic acid groups (broad SMARTS) is 1.